The second-order valence-electron chi connectivity index (χ2n) is 5.68. The molecule has 124 valence electrons. The number of hydrogen-bond donors (Lipinski definition) is 1. The summed E-state index contributed by atoms with van der Waals surface area (Å²) < 4.78 is 5.23. The summed E-state index contributed by atoms with van der Waals surface area (Å²) in [5.74, 6) is 0.668. The van der Waals surface area contributed by atoms with E-state index in [2.05, 4.69) is 25.3 Å². The zero-order valence-corrected chi connectivity index (χ0v) is 13.7. The minimum atomic E-state index is -0.365. The molecule has 0 fully saturated rings. The maximum atomic E-state index is 12.2. The maximum absolute atomic E-state index is 12.2. The van der Waals surface area contributed by atoms with E-state index < -0.39 is 0 Å². The Balaban J connectivity index is 1.75. The van der Waals surface area contributed by atoms with Crippen molar-refractivity contribution >= 4 is 34.4 Å². The molecular weight excluding hydrogens is 318 g/mol. The van der Waals surface area contributed by atoms with E-state index in [9.17, 15) is 4.79 Å². The van der Waals surface area contributed by atoms with Crippen molar-refractivity contribution in [1.82, 2.24) is 15.3 Å². The Bertz CT molecular complexity index is 1000. The summed E-state index contributed by atoms with van der Waals surface area (Å²) in [5.41, 5.74) is 2.18. The van der Waals surface area contributed by atoms with E-state index in [1.54, 1.807) is 19.3 Å². The fourth-order valence-electron chi connectivity index (χ4n) is 2.77. The highest BCUT2D eigenvalue weighted by atomic mass is 16.5. The normalized spacial score (nSPS) is 20.4. The summed E-state index contributed by atoms with van der Waals surface area (Å²) in [5, 5.41) is 3.58. The molecule has 0 radical (unpaired) electrons. The number of benzene rings is 1. The smallest absolute Gasteiger partial charge is 0.253 e. The number of methoxy groups -OCH3 is 1. The maximum Gasteiger partial charge on any atom is 0.253 e. The van der Waals surface area contributed by atoms with Gasteiger partial charge in [-0.25, -0.2) is 15.0 Å². The predicted molar refractivity (Wildman–Crippen MR) is 95.3 cm³/mol. The minimum Gasteiger partial charge on any atom is -0.497 e. The number of aryl methyl sites for hydroxylation is 1. The van der Waals surface area contributed by atoms with Crippen LogP contribution in [0.2, 0.25) is 0 Å². The summed E-state index contributed by atoms with van der Waals surface area (Å²) in [7, 11) is 1.62. The SMILES string of the molecule is COc1ccc2nc(/N=C3/N=C4C=CC=CC4C(=O)N3)nc(C)c2c1. The molecule has 0 spiro atoms. The fraction of sp³-hybridized carbons (Fsp3) is 0.167. The van der Waals surface area contributed by atoms with Gasteiger partial charge in [0.1, 0.15) is 5.75 Å². The van der Waals surface area contributed by atoms with Gasteiger partial charge in [0, 0.05) is 5.39 Å². The highest BCUT2D eigenvalue weighted by Crippen LogP contribution is 2.23. The van der Waals surface area contributed by atoms with Crippen LogP contribution in [0.3, 0.4) is 0 Å². The Morgan fingerprint density at radius 1 is 1.24 bits per heavy atom. The summed E-state index contributed by atoms with van der Waals surface area (Å²) in [6.45, 7) is 1.88. The third kappa shape index (κ3) is 2.80. The van der Waals surface area contributed by atoms with Crippen molar-refractivity contribution in [3.8, 4) is 5.75 Å². The van der Waals surface area contributed by atoms with Crippen LogP contribution < -0.4 is 10.1 Å². The quantitative estimate of drug-likeness (QED) is 0.913. The molecule has 1 N–H and O–H groups in total. The lowest BCUT2D eigenvalue weighted by atomic mass is 9.96. The highest BCUT2D eigenvalue weighted by molar-refractivity contribution is 6.22. The number of nitrogens with one attached hydrogen (secondary N) is 1. The Kier molecular flexibility index (Phi) is 3.61. The molecule has 1 unspecified atom stereocenters. The molecule has 7 heteroatoms. The van der Waals surface area contributed by atoms with Gasteiger partial charge in [-0.05, 0) is 31.2 Å². The molecule has 1 amide bonds. The Morgan fingerprint density at radius 3 is 2.96 bits per heavy atom. The van der Waals surface area contributed by atoms with Gasteiger partial charge < -0.3 is 4.74 Å². The predicted octanol–water partition coefficient (Wildman–Crippen LogP) is 2.25. The van der Waals surface area contributed by atoms with Crippen molar-refractivity contribution in [2.45, 2.75) is 6.92 Å². The highest BCUT2D eigenvalue weighted by Gasteiger charge is 2.27. The Morgan fingerprint density at radius 2 is 2.12 bits per heavy atom. The van der Waals surface area contributed by atoms with Crippen LogP contribution in [0.4, 0.5) is 5.95 Å². The molecule has 2 aliphatic rings. The van der Waals surface area contributed by atoms with Gasteiger partial charge >= 0.3 is 0 Å². The van der Waals surface area contributed by atoms with E-state index in [-0.39, 0.29) is 23.7 Å². The molecule has 1 atom stereocenters. The zero-order chi connectivity index (χ0) is 17.4. The molecule has 0 saturated carbocycles. The van der Waals surface area contributed by atoms with Crippen LogP contribution in [0, 0.1) is 12.8 Å². The van der Waals surface area contributed by atoms with E-state index in [1.165, 1.54) is 0 Å². The van der Waals surface area contributed by atoms with Gasteiger partial charge in [-0.3, -0.25) is 10.1 Å². The van der Waals surface area contributed by atoms with Crippen molar-refractivity contribution in [3.05, 3.63) is 48.2 Å². The fourth-order valence-corrected chi connectivity index (χ4v) is 2.77. The number of fused-ring (bicyclic) bond motifs is 2. The second kappa shape index (κ2) is 5.94. The summed E-state index contributed by atoms with van der Waals surface area (Å²) in [6, 6.07) is 5.56. The molecule has 2 aromatic rings. The van der Waals surface area contributed by atoms with E-state index >= 15 is 0 Å². The molecule has 7 nitrogen and oxygen atoms in total. The zero-order valence-electron chi connectivity index (χ0n) is 13.7. The molecule has 25 heavy (non-hydrogen) atoms. The average Bonchev–Trinajstić information content (AvgIpc) is 2.61. The standard InChI is InChI=1S/C18H15N5O2/c1-10-13-9-11(25-2)7-8-15(13)21-17(19-10)23-18-20-14-6-4-3-5-12(14)16(24)22-18/h3-9,12H,1-2H3,(H,19,21,22,23,24). The first kappa shape index (κ1) is 15.2. The number of nitrogens with zero attached hydrogens (tertiary/aromatic N) is 4. The number of aliphatic imine (C=N–C) groups is 2. The van der Waals surface area contributed by atoms with Crippen LogP contribution in [0.15, 0.2) is 52.5 Å². The summed E-state index contributed by atoms with van der Waals surface area (Å²) in [6.07, 6.45) is 7.28. The van der Waals surface area contributed by atoms with E-state index in [0.717, 1.165) is 22.3 Å². The lowest BCUT2D eigenvalue weighted by Crippen LogP contribution is -2.42. The molecule has 0 bridgehead atoms. The number of carbonyl (C=O) groups excluding carboxylic acids is 1. The summed E-state index contributed by atoms with van der Waals surface area (Å²) >= 11 is 0. The van der Waals surface area contributed by atoms with Gasteiger partial charge in [-0.1, -0.05) is 18.2 Å². The number of carbonyl (C=O) groups is 1. The van der Waals surface area contributed by atoms with Crippen LogP contribution in [0.5, 0.6) is 5.75 Å². The Labute approximate surface area is 143 Å². The third-order valence-corrected chi connectivity index (χ3v) is 4.04. The molecule has 4 rings (SSSR count). The van der Waals surface area contributed by atoms with Crippen LogP contribution in [-0.2, 0) is 4.79 Å². The van der Waals surface area contributed by atoms with Crippen LogP contribution in [0.1, 0.15) is 5.69 Å². The van der Waals surface area contributed by atoms with Crippen LogP contribution in [-0.4, -0.2) is 34.7 Å². The number of rotatable bonds is 2. The number of hydrogen-bond acceptors (Lipinski definition) is 5. The number of amides is 1. The Hall–Kier alpha value is -3.35. The van der Waals surface area contributed by atoms with Gasteiger partial charge in [0.05, 0.1) is 30.0 Å². The largest absolute Gasteiger partial charge is 0.497 e. The molecule has 1 aliphatic carbocycles. The van der Waals surface area contributed by atoms with Gasteiger partial charge in [0.2, 0.25) is 11.9 Å². The van der Waals surface area contributed by atoms with Crippen molar-refractivity contribution in [2.75, 3.05) is 7.11 Å². The van der Waals surface area contributed by atoms with Crippen LogP contribution >= 0.6 is 0 Å². The first-order valence-corrected chi connectivity index (χ1v) is 7.79. The van der Waals surface area contributed by atoms with Crippen molar-refractivity contribution < 1.29 is 9.53 Å². The number of ether oxygens (including phenoxy) is 1. The van der Waals surface area contributed by atoms with Gasteiger partial charge in [0.25, 0.3) is 5.95 Å². The topological polar surface area (TPSA) is 88.8 Å². The molecule has 2 heterocycles. The number of allylic oxidation sites excluding steroid dienone is 3. The molecule has 0 saturated heterocycles. The van der Waals surface area contributed by atoms with Gasteiger partial charge in [0.15, 0.2) is 0 Å². The molecular formula is C18H15N5O2. The molecule has 1 aromatic carbocycles. The average molecular weight is 333 g/mol. The third-order valence-electron chi connectivity index (χ3n) is 4.04. The minimum absolute atomic E-state index is 0.161. The lowest BCUT2D eigenvalue weighted by Gasteiger charge is -2.20. The number of aromatic nitrogens is 2. The first-order chi connectivity index (χ1) is 12.1. The van der Waals surface area contributed by atoms with E-state index in [4.69, 9.17) is 4.74 Å². The van der Waals surface area contributed by atoms with Crippen molar-refractivity contribution in [1.29, 1.82) is 0 Å². The van der Waals surface area contributed by atoms with Crippen LogP contribution in [0.25, 0.3) is 10.9 Å². The monoisotopic (exact) mass is 333 g/mol. The lowest BCUT2D eigenvalue weighted by molar-refractivity contribution is -0.120. The molecule has 1 aliphatic heterocycles. The first-order valence-electron chi connectivity index (χ1n) is 7.79. The van der Waals surface area contributed by atoms with Gasteiger partial charge in [-0.2, -0.15) is 4.99 Å². The van der Waals surface area contributed by atoms with Crippen molar-refractivity contribution in [2.24, 2.45) is 15.9 Å². The number of guanidine groups is 1. The van der Waals surface area contributed by atoms with E-state index in [0.29, 0.717) is 5.71 Å². The second-order valence-corrected chi connectivity index (χ2v) is 5.68. The van der Waals surface area contributed by atoms with Crippen molar-refractivity contribution in [3.63, 3.8) is 0 Å². The van der Waals surface area contributed by atoms with E-state index in [1.807, 2.05) is 37.3 Å². The summed E-state index contributed by atoms with van der Waals surface area (Å²) in [4.78, 5) is 29.7. The van der Waals surface area contributed by atoms with Gasteiger partial charge in [-0.15, -0.1) is 0 Å². The molecule has 1 aromatic heterocycles.